The third kappa shape index (κ3) is 3.15. The summed E-state index contributed by atoms with van der Waals surface area (Å²) in [6.45, 7) is 3.93. The van der Waals surface area contributed by atoms with Gasteiger partial charge in [-0.15, -0.1) is 0 Å². The Morgan fingerprint density at radius 2 is 2.11 bits per heavy atom. The first-order chi connectivity index (χ1) is 8.60. The zero-order valence-corrected chi connectivity index (χ0v) is 11.0. The predicted molar refractivity (Wildman–Crippen MR) is 69.2 cm³/mol. The average Bonchev–Trinajstić information content (AvgIpc) is 3.11. The highest BCUT2D eigenvalue weighted by molar-refractivity contribution is 5.96. The highest BCUT2D eigenvalue weighted by atomic mass is 16.5. The van der Waals surface area contributed by atoms with Crippen LogP contribution in [0.25, 0.3) is 0 Å². The van der Waals surface area contributed by atoms with Crippen LogP contribution in [0.5, 0.6) is 11.5 Å². The summed E-state index contributed by atoms with van der Waals surface area (Å²) in [6, 6.07) is 5.33. The highest BCUT2D eigenvalue weighted by Gasteiger charge is 2.26. The molecule has 1 aromatic carbocycles. The first kappa shape index (κ1) is 12.7. The summed E-state index contributed by atoms with van der Waals surface area (Å²) in [5.41, 5.74) is 0.556. The van der Waals surface area contributed by atoms with Crippen molar-refractivity contribution < 1.29 is 14.3 Å². The predicted octanol–water partition coefficient (Wildman–Crippen LogP) is 2.37. The molecule has 98 valence electrons. The summed E-state index contributed by atoms with van der Waals surface area (Å²) in [6.07, 6.45) is 2.47. The van der Waals surface area contributed by atoms with Gasteiger partial charge in [0.2, 0.25) is 0 Å². The molecule has 0 aromatic heterocycles. The Balaban J connectivity index is 2.25. The van der Waals surface area contributed by atoms with Crippen molar-refractivity contribution in [3.05, 3.63) is 23.8 Å². The lowest BCUT2D eigenvalue weighted by Gasteiger charge is -2.14. The van der Waals surface area contributed by atoms with Crippen molar-refractivity contribution >= 4 is 5.91 Å². The second kappa shape index (κ2) is 5.29. The van der Waals surface area contributed by atoms with Crippen molar-refractivity contribution in [2.75, 3.05) is 7.05 Å². The SMILES string of the molecule is CNC(=O)c1ccc(OC(C)C)cc1OC1CC1. The van der Waals surface area contributed by atoms with Crippen LogP contribution < -0.4 is 14.8 Å². The molecule has 18 heavy (non-hydrogen) atoms. The van der Waals surface area contributed by atoms with Crippen molar-refractivity contribution in [1.29, 1.82) is 0 Å². The summed E-state index contributed by atoms with van der Waals surface area (Å²) in [5.74, 6) is 1.20. The van der Waals surface area contributed by atoms with Crippen molar-refractivity contribution in [3.8, 4) is 11.5 Å². The summed E-state index contributed by atoms with van der Waals surface area (Å²) >= 11 is 0. The Morgan fingerprint density at radius 1 is 1.39 bits per heavy atom. The molecule has 4 heteroatoms. The van der Waals surface area contributed by atoms with E-state index in [4.69, 9.17) is 9.47 Å². The largest absolute Gasteiger partial charge is 0.491 e. The van der Waals surface area contributed by atoms with Crippen LogP contribution >= 0.6 is 0 Å². The molecule has 1 saturated carbocycles. The number of benzene rings is 1. The molecule has 1 fully saturated rings. The van der Waals surface area contributed by atoms with Gasteiger partial charge < -0.3 is 14.8 Å². The molecular weight excluding hydrogens is 230 g/mol. The molecule has 1 amide bonds. The molecule has 1 aliphatic carbocycles. The monoisotopic (exact) mass is 249 g/mol. The first-order valence-corrected chi connectivity index (χ1v) is 6.29. The van der Waals surface area contributed by atoms with Gasteiger partial charge in [0.25, 0.3) is 5.91 Å². The average molecular weight is 249 g/mol. The van der Waals surface area contributed by atoms with Crippen LogP contribution in [0.1, 0.15) is 37.0 Å². The lowest BCUT2D eigenvalue weighted by Crippen LogP contribution is -2.19. The van der Waals surface area contributed by atoms with Crippen LogP contribution in [0.4, 0.5) is 0 Å². The van der Waals surface area contributed by atoms with Crippen molar-refractivity contribution in [1.82, 2.24) is 5.32 Å². The molecule has 0 aliphatic heterocycles. The fourth-order valence-electron chi connectivity index (χ4n) is 1.63. The van der Waals surface area contributed by atoms with Crippen LogP contribution in [0.3, 0.4) is 0 Å². The van der Waals surface area contributed by atoms with Gasteiger partial charge in [-0.25, -0.2) is 0 Å². The maximum Gasteiger partial charge on any atom is 0.254 e. The van der Waals surface area contributed by atoms with Crippen LogP contribution in [-0.4, -0.2) is 25.2 Å². The maximum atomic E-state index is 11.7. The van der Waals surface area contributed by atoms with E-state index in [9.17, 15) is 4.79 Å². The minimum absolute atomic E-state index is 0.102. The molecule has 0 unspecified atom stereocenters. The van der Waals surface area contributed by atoms with Gasteiger partial charge in [-0.2, -0.15) is 0 Å². The minimum atomic E-state index is -0.137. The van der Waals surface area contributed by atoms with Gasteiger partial charge >= 0.3 is 0 Å². The van der Waals surface area contributed by atoms with Gasteiger partial charge in [0.05, 0.1) is 17.8 Å². The Bertz CT molecular complexity index is 439. The summed E-state index contributed by atoms with van der Waals surface area (Å²) < 4.78 is 11.4. The molecule has 1 N–H and O–H groups in total. The van der Waals surface area contributed by atoms with Gasteiger partial charge in [-0.1, -0.05) is 0 Å². The number of carbonyl (C=O) groups is 1. The molecule has 0 heterocycles. The van der Waals surface area contributed by atoms with E-state index in [1.54, 1.807) is 25.2 Å². The maximum absolute atomic E-state index is 11.7. The van der Waals surface area contributed by atoms with E-state index < -0.39 is 0 Å². The smallest absolute Gasteiger partial charge is 0.254 e. The minimum Gasteiger partial charge on any atom is -0.491 e. The van der Waals surface area contributed by atoms with Crippen LogP contribution in [-0.2, 0) is 0 Å². The fourth-order valence-corrected chi connectivity index (χ4v) is 1.63. The third-order valence-corrected chi connectivity index (χ3v) is 2.61. The molecule has 0 spiro atoms. The molecule has 4 nitrogen and oxygen atoms in total. The van der Waals surface area contributed by atoms with Crippen LogP contribution in [0.15, 0.2) is 18.2 Å². The number of nitrogens with one attached hydrogen (secondary N) is 1. The normalized spacial score (nSPS) is 14.4. The van der Waals surface area contributed by atoms with Crippen LogP contribution in [0.2, 0.25) is 0 Å². The number of hydrogen-bond acceptors (Lipinski definition) is 3. The van der Waals surface area contributed by atoms with E-state index in [-0.39, 0.29) is 18.1 Å². The molecule has 1 aliphatic rings. The quantitative estimate of drug-likeness (QED) is 0.871. The summed E-state index contributed by atoms with van der Waals surface area (Å²) in [7, 11) is 1.61. The second-order valence-electron chi connectivity index (χ2n) is 4.72. The highest BCUT2D eigenvalue weighted by Crippen LogP contribution is 2.32. The molecule has 0 radical (unpaired) electrons. The van der Waals surface area contributed by atoms with E-state index >= 15 is 0 Å². The topological polar surface area (TPSA) is 47.6 Å². The summed E-state index contributed by atoms with van der Waals surface area (Å²) in [4.78, 5) is 11.7. The number of hydrogen-bond donors (Lipinski definition) is 1. The van der Waals surface area contributed by atoms with Gasteiger partial charge in [-0.3, -0.25) is 4.79 Å². The molecule has 0 atom stereocenters. The first-order valence-electron chi connectivity index (χ1n) is 6.29. The Morgan fingerprint density at radius 3 is 2.67 bits per heavy atom. The van der Waals surface area contributed by atoms with E-state index in [1.165, 1.54) is 0 Å². The zero-order valence-electron chi connectivity index (χ0n) is 11.0. The summed E-state index contributed by atoms with van der Waals surface area (Å²) in [5, 5.41) is 2.62. The van der Waals surface area contributed by atoms with Gasteiger partial charge in [0, 0.05) is 13.1 Å². The Hall–Kier alpha value is -1.71. The lowest BCUT2D eigenvalue weighted by atomic mass is 10.1. The van der Waals surface area contributed by atoms with E-state index in [0.717, 1.165) is 18.6 Å². The standard InChI is InChI=1S/C14H19NO3/c1-9(2)17-11-6-7-12(14(16)15-3)13(8-11)18-10-4-5-10/h6-10H,4-5H2,1-3H3,(H,15,16). The van der Waals surface area contributed by atoms with Gasteiger partial charge in [0.1, 0.15) is 11.5 Å². The third-order valence-electron chi connectivity index (χ3n) is 2.61. The molecular formula is C14H19NO3. The fraction of sp³-hybridized carbons (Fsp3) is 0.500. The Labute approximate surface area is 107 Å². The van der Waals surface area contributed by atoms with E-state index in [0.29, 0.717) is 11.3 Å². The van der Waals surface area contributed by atoms with E-state index in [2.05, 4.69) is 5.32 Å². The number of amides is 1. The van der Waals surface area contributed by atoms with Gasteiger partial charge in [0.15, 0.2) is 0 Å². The van der Waals surface area contributed by atoms with Gasteiger partial charge in [-0.05, 0) is 38.8 Å². The van der Waals surface area contributed by atoms with Crippen molar-refractivity contribution in [2.24, 2.45) is 0 Å². The van der Waals surface area contributed by atoms with Crippen molar-refractivity contribution in [3.63, 3.8) is 0 Å². The number of carbonyl (C=O) groups excluding carboxylic acids is 1. The second-order valence-corrected chi connectivity index (χ2v) is 4.72. The van der Waals surface area contributed by atoms with Crippen molar-refractivity contribution in [2.45, 2.75) is 38.9 Å². The Kier molecular flexibility index (Phi) is 3.75. The lowest BCUT2D eigenvalue weighted by molar-refractivity contribution is 0.0958. The molecule has 0 saturated heterocycles. The molecule has 1 aromatic rings. The zero-order chi connectivity index (χ0) is 13.1. The molecule has 2 rings (SSSR count). The molecule has 0 bridgehead atoms. The van der Waals surface area contributed by atoms with E-state index in [1.807, 2.05) is 13.8 Å². The van der Waals surface area contributed by atoms with Crippen LogP contribution in [0, 0.1) is 0 Å². The number of ether oxygens (including phenoxy) is 2. The number of rotatable bonds is 5.